The van der Waals surface area contributed by atoms with Crippen LogP contribution in [0.2, 0.25) is 0 Å². The van der Waals surface area contributed by atoms with Crippen molar-refractivity contribution < 1.29 is 9.53 Å². The van der Waals surface area contributed by atoms with E-state index in [-0.39, 0.29) is 5.91 Å². The van der Waals surface area contributed by atoms with Crippen molar-refractivity contribution in [2.24, 2.45) is 0 Å². The van der Waals surface area contributed by atoms with Gasteiger partial charge in [-0.05, 0) is 28.5 Å². The van der Waals surface area contributed by atoms with Crippen LogP contribution in [0.4, 0.5) is 0 Å². The molecule has 0 saturated heterocycles. The molecule has 4 nitrogen and oxygen atoms in total. The standard InChI is InChI=1S/C13H14N2O2S/c1-17-13-11(3-2-5-14-13)8-15-12(16)7-10-4-6-18-9-10/h2-6,9H,7-8H2,1H3,(H,15,16). The number of rotatable bonds is 5. The second-order valence-electron chi connectivity index (χ2n) is 3.76. The number of pyridine rings is 1. The van der Waals surface area contributed by atoms with Crippen LogP contribution in [-0.4, -0.2) is 18.0 Å². The molecule has 0 spiro atoms. The molecule has 0 saturated carbocycles. The van der Waals surface area contributed by atoms with Crippen molar-refractivity contribution in [1.82, 2.24) is 10.3 Å². The van der Waals surface area contributed by atoms with Crippen LogP contribution in [0.25, 0.3) is 0 Å². The summed E-state index contributed by atoms with van der Waals surface area (Å²) in [6, 6.07) is 5.66. The summed E-state index contributed by atoms with van der Waals surface area (Å²) in [5, 5.41) is 6.80. The highest BCUT2D eigenvalue weighted by molar-refractivity contribution is 7.07. The summed E-state index contributed by atoms with van der Waals surface area (Å²) in [7, 11) is 1.57. The summed E-state index contributed by atoms with van der Waals surface area (Å²) in [5.74, 6) is 0.549. The van der Waals surface area contributed by atoms with Crippen molar-refractivity contribution in [3.63, 3.8) is 0 Å². The highest BCUT2D eigenvalue weighted by Crippen LogP contribution is 2.13. The number of amides is 1. The largest absolute Gasteiger partial charge is 0.481 e. The first-order chi connectivity index (χ1) is 8.79. The molecule has 0 aromatic carbocycles. The summed E-state index contributed by atoms with van der Waals surface area (Å²) in [6.45, 7) is 0.431. The molecule has 2 rings (SSSR count). The van der Waals surface area contributed by atoms with Gasteiger partial charge < -0.3 is 10.1 Å². The van der Waals surface area contributed by atoms with Gasteiger partial charge in [0, 0.05) is 18.3 Å². The third-order valence-corrected chi connectivity index (χ3v) is 3.20. The molecule has 1 amide bonds. The lowest BCUT2D eigenvalue weighted by atomic mass is 10.2. The maximum atomic E-state index is 11.7. The van der Waals surface area contributed by atoms with Gasteiger partial charge >= 0.3 is 0 Å². The summed E-state index contributed by atoms with van der Waals surface area (Å²) in [4.78, 5) is 15.8. The van der Waals surface area contributed by atoms with Gasteiger partial charge in [-0.15, -0.1) is 0 Å². The molecule has 0 aliphatic carbocycles. The van der Waals surface area contributed by atoms with Crippen molar-refractivity contribution in [1.29, 1.82) is 0 Å². The number of aromatic nitrogens is 1. The van der Waals surface area contributed by atoms with E-state index in [0.717, 1.165) is 11.1 Å². The average molecular weight is 262 g/mol. The predicted octanol–water partition coefficient (Wildman–Crippen LogP) is 2.01. The van der Waals surface area contributed by atoms with E-state index in [9.17, 15) is 4.79 Å². The molecule has 18 heavy (non-hydrogen) atoms. The van der Waals surface area contributed by atoms with Crippen LogP contribution >= 0.6 is 11.3 Å². The van der Waals surface area contributed by atoms with E-state index in [1.165, 1.54) is 0 Å². The molecule has 0 unspecified atom stereocenters. The van der Waals surface area contributed by atoms with Crippen LogP contribution in [0.3, 0.4) is 0 Å². The molecule has 0 radical (unpaired) electrons. The predicted molar refractivity (Wildman–Crippen MR) is 70.7 cm³/mol. The smallest absolute Gasteiger partial charge is 0.224 e. The van der Waals surface area contributed by atoms with Crippen molar-refractivity contribution in [3.05, 3.63) is 46.3 Å². The van der Waals surface area contributed by atoms with E-state index in [1.807, 2.05) is 29.0 Å². The number of ether oxygens (including phenoxy) is 1. The molecule has 0 aliphatic heterocycles. The van der Waals surface area contributed by atoms with E-state index >= 15 is 0 Å². The summed E-state index contributed by atoms with van der Waals surface area (Å²) in [6.07, 6.45) is 2.07. The Morgan fingerprint density at radius 2 is 2.39 bits per heavy atom. The van der Waals surface area contributed by atoms with Crippen molar-refractivity contribution >= 4 is 17.2 Å². The van der Waals surface area contributed by atoms with Crippen LogP contribution in [0.1, 0.15) is 11.1 Å². The Labute approximate surface area is 110 Å². The van der Waals surface area contributed by atoms with E-state index in [0.29, 0.717) is 18.8 Å². The first-order valence-corrected chi connectivity index (χ1v) is 6.49. The minimum absolute atomic E-state index is 0.000642. The zero-order chi connectivity index (χ0) is 12.8. The zero-order valence-electron chi connectivity index (χ0n) is 10.1. The van der Waals surface area contributed by atoms with Crippen molar-refractivity contribution in [2.75, 3.05) is 7.11 Å². The van der Waals surface area contributed by atoms with Gasteiger partial charge in [-0.1, -0.05) is 6.07 Å². The molecule has 94 valence electrons. The number of hydrogen-bond donors (Lipinski definition) is 1. The van der Waals surface area contributed by atoms with Gasteiger partial charge in [0.05, 0.1) is 13.5 Å². The fraction of sp³-hybridized carbons (Fsp3) is 0.231. The third-order valence-electron chi connectivity index (χ3n) is 2.46. The third kappa shape index (κ3) is 3.30. The molecule has 0 aliphatic rings. The van der Waals surface area contributed by atoms with Gasteiger partial charge in [0.25, 0.3) is 0 Å². The SMILES string of the molecule is COc1ncccc1CNC(=O)Cc1ccsc1. The lowest BCUT2D eigenvalue weighted by Gasteiger charge is -2.08. The lowest BCUT2D eigenvalue weighted by Crippen LogP contribution is -2.24. The molecule has 0 fully saturated rings. The Hall–Kier alpha value is -1.88. The number of nitrogens with one attached hydrogen (secondary N) is 1. The highest BCUT2D eigenvalue weighted by atomic mass is 32.1. The molecule has 5 heteroatoms. The quantitative estimate of drug-likeness (QED) is 0.896. The van der Waals surface area contributed by atoms with E-state index in [2.05, 4.69) is 10.3 Å². The summed E-state index contributed by atoms with van der Waals surface area (Å²) in [5.41, 5.74) is 1.91. The lowest BCUT2D eigenvalue weighted by molar-refractivity contribution is -0.120. The van der Waals surface area contributed by atoms with Gasteiger partial charge in [0.1, 0.15) is 0 Å². The van der Waals surface area contributed by atoms with Crippen LogP contribution in [0, 0.1) is 0 Å². The molecular formula is C13H14N2O2S. The maximum absolute atomic E-state index is 11.7. The molecular weight excluding hydrogens is 248 g/mol. The van der Waals surface area contributed by atoms with E-state index in [4.69, 9.17) is 4.74 Å². The molecule has 2 aromatic rings. The second-order valence-corrected chi connectivity index (χ2v) is 4.54. The Balaban J connectivity index is 1.89. The fourth-order valence-electron chi connectivity index (χ4n) is 1.58. The van der Waals surface area contributed by atoms with Crippen molar-refractivity contribution in [3.8, 4) is 5.88 Å². The van der Waals surface area contributed by atoms with Crippen molar-refractivity contribution in [2.45, 2.75) is 13.0 Å². The minimum atomic E-state index is -0.000642. The number of nitrogens with zero attached hydrogens (tertiary/aromatic N) is 1. The number of hydrogen-bond acceptors (Lipinski definition) is 4. The summed E-state index contributed by atoms with van der Waals surface area (Å²) < 4.78 is 5.12. The molecule has 1 N–H and O–H groups in total. The van der Waals surface area contributed by atoms with Gasteiger partial charge in [0.2, 0.25) is 11.8 Å². The second kappa shape index (κ2) is 6.16. The Morgan fingerprint density at radius 1 is 1.50 bits per heavy atom. The zero-order valence-corrected chi connectivity index (χ0v) is 10.9. The highest BCUT2D eigenvalue weighted by Gasteiger charge is 2.06. The summed E-state index contributed by atoms with van der Waals surface area (Å²) >= 11 is 1.59. The first-order valence-electron chi connectivity index (χ1n) is 5.55. The van der Waals surface area contributed by atoms with Crippen LogP contribution in [0.15, 0.2) is 35.2 Å². The Morgan fingerprint density at radius 3 is 3.11 bits per heavy atom. The van der Waals surface area contributed by atoms with Crippen LogP contribution < -0.4 is 10.1 Å². The average Bonchev–Trinajstić information content (AvgIpc) is 2.89. The van der Waals surface area contributed by atoms with Gasteiger partial charge in [-0.3, -0.25) is 4.79 Å². The normalized spacial score (nSPS) is 10.1. The van der Waals surface area contributed by atoms with Gasteiger partial charge in [-0.2, -0.15) is 11.3 Å². The molecule has 0 atom stereocenters. The Bertz CT molecular complexity index is 511. The number of carbonyl (C=O) groups is 1. The maximum Gasteiger partial charge on any atom is 0.224 e. The van der Waals surface area contributed by atoms with E-state index in [1.54, 1.807) is 24.6 Å². The molecule has 0 bridgehead atoms. The minimum Gasteiger partial charge on any atom is -0.481 e. The molecule has 2 aromatic heterocycles. The van der Waals surface area contributed by atoms with Gasteiger partial charge in [-0.25, -0.2) is 4.98 Å². The monoisotopic (exact) mass is 262 g/mol. The van der Waals surface area contributed by atoms with Crippen LogP contribution in [0.5, 0.6) is 5.88 Å². The first kappa shape index (κ1) is 12.6. The number of carbonyl (C=O) groups excluding carboxylic acids is 1. The van der Waals surface area contributed by atoms with Crippen LogP contribution in [-0.2, 0) is 17.8 Å². The Kier molecular flexibility index (Phi) is 4.30. The fourth-order valence-corrected chi connectivity index (χ4v) is 2.25. The molecule has 2 heterocycles. The topological polar surface area (TPSA) is 51.2 Å². The van der Waals surface area contributed by atoms with E-state index < -0.39 is 0 Å². The number of thiophene rings is 1. The van der Waals surface area contributed by atoms with Gasteiger partial charge in [0.15, 0.2) is 0 Å². The number of methoxy groups -OCH3 is 1.